The first kappa shape index (κ1) is 12.6. The van der Waals surface area contributed by atoms with Gasteiger partial charge in [-0.25, -0.2) is 4.79 Å². The Morgan fingerprint density at radius 2 is 2.22 bits per heavy atom. The van der Waals surface area contributed by atoms with Crippen LogP contribution >= 0.6 is 11.3 Å². The summed E-state index contributed by atoms with van der Waals surface area (Å²) in [5, 5.41) is 13.1. The van der Waals surface area contributed by atoms with E-state index in [1.165, 1.54) is 11.3 Å². The van der Waals surface area contributed by atoms with Crippen molar-refractivity contribution >= 4 is 17.3 Å². The molecule has 0 aliphatic rings. The van der Waals surface area contributed by atoms with E-state index in [9.17, 15) is 4.79 Å². The van der Waals surface area contributed by atoms with E-state index in [1.54, 1.807) is 16.8 Å². The fourth-order valence-corrected chi connectivity index (χ4v) is 2.44. The number of aromatic nitrogens is 2. The van der Waals surface area contributed by atoms with Crippen molar-refractivity contribution in [3.8, 4) is 5.75 Å². The SMILES string of the molecule is Cc1nn(C)c(C)c1OCc1ccc(C(=O)O)s1. The lowest BCUT2D eigenvalue weighted by molar-refractivity contribution is 0.0702. The van der Waals surface area contributed by atoms with Gasteiger partial charge in [-0.15, -0.1) is 11.3 Å². The van der Waals surface area contributed by atoms with Gasteiger partial charge >= 0.3 is 5.97 Å². The second-order valence-corrected chi connectivity index (χ2v) is 5.15. The molecule has 0 radical (unpaired) electrons. The molecule has 2 aromatic rings. The highest BCUT2D eigenvalue weighted by Gasteiger charge is 2.12. The first-order valence-electron chi connectivity index (χ1n) is 5.44. The summed E-state index contributed by atoms with van der Waals surface area (Å²) in [6.45, 7) is 4.19. The van der Waals surface area contributed by atoms with E-state index in [2.05, 4.69) is 5.10 Å². The third kappa shape index (κ3) is 2.38. The Kier molecular flexibility index (Phi) is 3.38. The number of hydrogen-bond donors (Lipinski definition) is 1. The maximum Gasteiger partial charge on any atom is 0.345 e. The minimum Gasteiger partial charge on any atom is -0.484 e. The molecule has 6 heteroatoms. The molecule has 0 aliphatic heterocycles. The van der Waals surface area contributed by atoms with E-state index in [0.29, 0.717) is 11.5 Å². The molecule has 0 aliphatic carbocycles. The fraction of sp³-hybridized carbons (Fsp3) is 0.333. The van der Waals surface area contributed by atoms with Gasteiger partial charge in [0.2, 0.25) is 0 Å². The van der Waals surface area contributed by atoms with Crippen LogP contribution in [0.15, 0.2) is 12.1 Å². The molecule has 0 saturated heterocycles. The molecule has 2 heterocycles. The quantitative estimate of drug-likeness (QED) is 0.922. The van der Waals surface area contributed by atoms with Crippen LogP contribution in [0.2, 0.25) is 0 Å². The third-order valence-electron chi connectivity index (χ3n) is 2.67. The number of aromatic carboxylic acids is 1. The molecule has 0 spiro atoms. The van der Waals surface area contributed by atoms with Gasteiger partial charge in [-0.05, 0) is 26.0 Å². The predicted octanol–water partition coefficient (Wildman–Crippen LogP) is 2.38. The summed E-state index contributed by atoms with van der Waals surface area (Å²) in [5.74, 6) is -0.136. The van der Waals surface area contributed by atoms with Crippen LogP contribution in [0.5, 0.6) is 5.75 Å². The molecule has 96 valence electrons. The normalized spacial score (nSPS) is 10.6. The zero-order valence-electron chi connectivity index (χ0n) is 10.4. The lowest BCUT2D eigenvalue weighted by atomic mass is 10.3. The van der Waals surface area contributed by atoms with Crippen LogP contribution in [0.25, 0.3) is 0 Å². The van der Waals surface area contributed by atoms with Crippen LogP contribution in [-0.4, -0.2) is 20.9 Å². The monoisotopic (exact) mass is 266 g/mol. The second-order valence-electron chi connectivity index (χ2n) is 3.98. The maximum atomic E-state index is 10.8. The molecule has 0 bridgehead atoms. The molecule has 0 atom stereocenters. The molecule has 1 N–H and O–H groups in total. The summed E-state index contributed by atoms with van der Waals surface area (Å²) in [6.07, 6.45) is 0. The molecule has 0 unspecified atom stereocenters. The van der Waals surface area contributed by atoms with Crippen LogP contribution in [0.3, 0.4) is 0 Å². The van der Waals surface area contributed by atoms with E-state index < -0.39 is 5.97 Å². The highest BCUT2D eigenvalue weighted by Crippen LogP contribution is 2.24. The topological polar surface area (TPSA) is 64.4 Å². The zero-order valence-corrected chi connectivity index (χ0v) is 11.2. The molecule has 5 nitrogen and oxygen atoms in total. The van der Waals surface area contributed by atoms with Gasteiger partial charge in [0.05, 0.1) is 5.69 Å². The molecule has 0 amide bonds. The summed E-state index contributed by atoms with van der Waals surface area (Å²) in [7, 11) is 1.86. The smallest absolute Gasteiger partial charge is 0.345 e. The van der Waals surface area contributed by atoms with E-state index in [1.807, 2.05) is 20.9 Å². The summed E-state index contributed by atoms with van der Waals surface area (Å²) < 4.78 is 7.47. The van der Waals surface area contributed by atoms with Crippen molar-refractivity contribution in [1.29, 1.82) is 0 Å². The maximum absolute atomic E-state index is 10.8. The van der Waals surface area contributed by atoms with Gasteiger partial charge in [-0.1, -0.05) is 0 Å². The number of carboxylic acids is 1. The number of ether oxygens (including phenoxy) is 1. The average molecular weight is 266 g/mol. The number of hydrogen-bond acceptors (Lipinski definition) is 4. The fourth-order valence-electron chi connectivity index (χ4n) is 1.68. The Morgan fingerprint density at radius 1 is 1.50 bits per heavy atom. The van der Waals surface area contributed by atoms with Crippen LogP contribution in [0.1, 0.15) is 25.9 Å². The predicted molar refractivity (Wildman–Crippen MR) is 68.3 cm³/mol. The largest absolute Gasteiger partial charge is 0.484 e. The highest BCUT2D eigenvalue weighted by atomic mass is 32.1. The van der Waals surface area contributed by atoms with Gasteiger partial charge in [-0.2, -0.15) is 5.10 Å². The Balaban J connectivity index is 2.09. The van der Waals surface area contributed by atoms with Crippen molar-refractivity contribution in [1.82, 2.24) is 9.78 Å². The molecular weight excluding hydrogens is 252 g/mol. The molecule has 2 rings (SSSR count). The van der Waals surface area contributed by atoms with E-state index >= 15 is 0 Å². The summed E-state index contributed by atoms with van der Waals surface area (Å²) in [4.78, 5) is 12.0. The summed E-state index contributed by atoms with van der Waals surface area (Å²) in [6, 6.07) is 3.36. The van der Waals surface area contributed by atoms with Crippen molar-refractivity contribution in [2.45, 2.75) is 20.5 Å². The number of rotatable bonds is 4. The average Bonchev–Trinajstić information content (AvgIpc) is 2.85. The molecule has 0 aromatic carbocycles. The van der Waals surface area contributed by atoms with Crippen LogP contribution in [0.4, 0.5) is 0 Å². The van der Waals surface area contributed by atoms with Gasteiger partial charge in [0.25, 0.3) is 0 Å². The number of carboxylic acid groups (broad SMARTS) is 1. The molecule has 0 fully saturated rings. The molecule has 18 heavy (non-hydrogen) atoms. The Bertz CT molecular complexity index is 586. The van der Waals surface area contributed by atoms with Gasteiger partial charge in [0, 0.05) is 11.9 Å². The van der Waals surface area contributed by atoms with Gasteiger partial charge in [0.1, 0.15) is 17.2 Å². The number of nitrogens with zero attached hydrogens (tertiary/aromatic N) is 2. The summed E-state index contributed by atoms with van der Waals surface area (Å²) in [5.41, 5.74) is 1.80. The van der Waals surface area contributed by atoms with Crippen molar-refractivity contribution in [2.75, 3.05) is 0 Å². The highest BCUT2D eigenvalue weighted by molar-refractivity contribution is 7.13. The lowest BCUT2D eigenvalue weighted by Gasteiger charge is -2.04. The standard InChI is InChI=1S/C12H14N2O3S/c1-7-11(8(2)14(3)13-7)17-6-9-4-5-10(18-9)12(15)16/h4-5H,6H2,1-3H3,(H,15,16). The first-order chi connectivity index (χ1) is 8.49. The van der Waals surface area contributed by atoms with Crippen molar-refractivity contribution in [2.24, 2.45) is 7.05 Å². The molecular formula is C12H14N2O3S. The zero-order chi connectivity index (χ0) is 13.3. The minimum atomic E-state index is -0.903. The van der Waals surface area contributed by atoms with Crippen molar-refractivity contribution in [3.63, 3.8) is 0 Å². The van der Waals surface area contributed by atoms with Crippen LogP contribution < -0.4 is 4.74 Å². The van der Waals surface area contributed by atoms with E-state index in [4.69, 9.17) is 9.84 Å². The Morgan fingerprint density at radius 3 is 2.72 bits per heavy atom. The Labute approximate surface area is 109 Å². The number of aryl methyl sites for hydroxylation is 2. The van der Waals surface area contributed by atoms with Crippen molar-refractivity contribution < 1.29 is 14.6 Å². The molecule has 0 saturated carbocycles. The lowest BCUT2D eigenvalue weighted by Crippen LogP contribution is -1.96. The minimum absolute atomic E-state index is 0.327. The van der Waals surface area contributed by atoms with Gasteiger partial charge in [-0.3, -0.25) is 4.68 Å². The van der Waals surface area contributed by atoms with Gasteiger partial charge in [0.15, 0.2) is 5.75 Å². The first-order valence-corrected chi connectivity index (χ1v) is 6.25. The second kappa shape index (κ2) is 4.81. The number of thiophene rings is 1. The molecule has 2 aromatic heterocycles. The summed E-state index contributed by atoms with van der Waals surface area (Å²) >= 11 is 1.23. The number of carbonyl (C=O) groups is 1. The van der Waals surface area contributed by atoms with Crippen LogP contribution in [-0.2, 0) is 13.7 Å². The van der Waals surface area contributed by atoms with E-state index in [0.717, 1.165) is 22.0 Å². The van der Waals surface area contributed by atoms with E-state index in [-0.39, 0.29) is 0 Å². The van der Waals surface area contributed by atoms with Gasteiger partial charge < -0.3 is 9.84 Å². The van der Waals surface area contributed by atoms with Crippen molar-refractivity contribution in [3.05, 3.63) is 33.3 Å². The van der Waals surface area contributed by atoms with Crippen LogP contribution in [0, 0.1) is 13.8 Å². The third-order valence-corrected chi connectivity index (χ3v) is 3.72. The Hall–Kier alpha value is -1.82.